The molecule has 1 amide bonds. The molecule has 4 nitrogen and oxygen atoms in total. The average molecular weight is 490 g/mol. The third-order valence-electron chi connectivity index (χ3n) is 6.64. The van der Waals surface area contributed by atoms with Crippen molar-refractivity contribution in [3.8, 4) is 0 Å². The zero-order valence-corrected chi connectivity index (χ0v) is 20.6. The average Bonchev–Trinajstić information content (AvgIpc) is 2.87. The number of nitrogens with zero attached hydrogens (tertiary/aromatic N) is 1. The molecule has 0 saturated carbocycles. The second-order valence-electron chi connectivity index (χ2n) is 9.32. The summed E-state index contributed by atoms with van der Waals surface area (Å²) < 4.78 is 34.4. The standard InChI is InChI=1S/C30H29F2NO3/c1-19(2)22-12-14-23(15-13-22)24-16-28(34)33(17-25-26(31)10-7-11-27(25)32)20(3)29(24)30(35)36-18-21-8-5-4-6-9-21/h4-15,19,24H,16-18H2,1-3H3. The molecule has 0 radical (unpaired) electrons. The quantitative estimate of drug-likeness (QED) is 0.350. The molecule has 3 aromatic carbocycles. The molecule has 0 fully saturated rings. The molecule has 36 heavy (non-hydrogen) atoms. The molecule has 0 spiro atoms. The van der Waals surface area contributed by atoms with E-state index in [-0.39, 0.29) is 31.0 Å². The van der Waals surface area contributed by atoms with Crippen molar-refractivity contribution < 1.29 is 23.1 Å². The van der Waals surface area contributed by atoms with Gasteiger partial charge in [-0.3, -0.25) is 4.79 Å². The number of hydrogen-bond acceptors (Lipinski definition) is 3. The number of esters is 1. The van der Waals surface area contributed by atoms with E-state index >= 15 is 0 Å². The number of amides is 1. The molecular weight excluding hydrogens is 460 g/mol. The summed E-state index contributed by atoms with van der Waals surface area (Å²) in [6.45, 7) is 5.58. The first-order chi connectivity index (χ1) is 17.3. The Morgan fingerprint density at radius 1 is 0.972 bits per heavy atom. The fraction of sp³-hybridized carbons (Fsp3) is 0.267. The van der Waals surface area contributed by atoms with Crippen LogP contribution in [-0.4, -0.2) is 16.8 Å². The molecule has 0 saturated heterocycles. The highest BCUT2D eigenvalue weighted by Gasteiger charge is 2.37. The summed E-state index contributed by atoms with van der Waals surface area (Å²) >= 11 is 0. The molecule has 1 aliphatic rings. The minimum absolute atomic E-state index is 0.00972. The SMILES string of the molecule is CC1=C(C(=O)OCc2ccccc2)C(c2ccc(C(C)C)cc2)CC(=O)N1Cc1c(F)cccc1F. The first kappa shape index (κ1) is 25.3. The van der Waals surface area contributed by atoms with E-state index in [0.29, 0.717) is 17.2 Å². The highest BCUT2D eigenvalue weighted by atomic mass is 19.1. The molecule has 1 heterocycles. The summed E-state index contributed by atoms with van der Waals surface area (Å²) in [7, 11) is 0. The van der Waals surface area contributed by atoms with E-state index < -0.39 is 23.5 Å². The minimum atomic E-state index is -0.741. The zero-order valence-electron chi connectivity index (χ0n) is 20.6. The van der Waals surface area contributed by atoms with Gasteiger partial charge in [0, 0.05) is 23.6 Å². The third kappa shape index (κ3) is 5.38. The van der Waals surface area contributed by atoms with Gasteiger partial charge in [-0.1, -0.05) is 74.5 Å². The topological polar surface area (TPSA) is 46.6 Å². The molecule has 6 heteroatoms. The fourth-order valence-corrected chi connectivity index (χ4v) is 4.51. The maximum atomic E-state index is 14.4. The Morgan fingerprint density at radius 3 is 2.22 bits per heavy atom. The molecule has 3 aromatic rings. The maximum Gasteiger partial charge on any atom is 0.336 e. The van der Waals surface area contributed by atoms with E-state index in [1.807, 2.05) is 54.6 Å². The summed E-state index contributed by atoms with van der Waals surface area (Å²) in [6, 6.07) is 20.7. The van der Waals surface area contributed by atoms with Crippen LogP contribution in [0.15, 0.2) is 84.1 Å². The third-order valence-corrected chi connectivity index (χ3v) is 6.64. The lowest BCUT2D eigenvalue weighted by atomic mass is 9.83. The molecule has 0 N–H and O–H groups in total. The lowest BCUT2D eigenvalue weighted by molar-refractivity contribution is -0.141. The van der Waals surface area contributed by atoms with E-state index in [0.717, 1.165) is 28.8 Å². The van der Waals surface area contributed by atoms with Gasteiger partial charge in [-0.15, -0.1) is 0 Å². The molecule has 4 rings (SSSR count). The van der Waals surface area contributed by atoms with Crippen LogP contribution in [0.4, 0.5) is 8.78 Å². The predicted octanol–water partition coefficient (Wildman–Crippen LogP) is 6.62. The van der Waals surface area contributed by atoms with E-state index in [1.165, 1.54) is 11.0 Å². The van der Waals surface area contributed by atoms with Crippen LogP contribution in [0.1, 0.15) is 61.3 Å². The van der Waals surface area contributed by atoms with Gasteiger partial charge in [-0.2, -0.15) is 0 Å². The van der Waals surface area contributed by atoms with Gasteiger partial charge in [0.15, 0.2) is 0 Å². The Morgan fingerprint density at radius 2 is 1.61 bits per heavy atom. The number of halogens is 2. The highest BCUT2D eigenvalue weighted by Crippen LogP contribution is 2.38. The van der Waals surface area contributed by atoms with E-state index in [4.69, 9.17) is 4.74 Å². The van der Waals surface area contributed by atoms with E-state index in [1.54, 1.807) is 6.92 Å². The van der Waals surface area contributed by atoms with Crippen molar-refractivity contribution in [1.29, 1.82) is 0 Å². The molecule has 1 atom stereocenters. The van der Waals surface area contributed by atoms with Crippen LogP contribution in [-0.2, 0) is 27.5 Å². The van der Waals surface area contributed by atoms with E-state index in [2.05, 4.69) is 13.8 Å². The van der Waals surface area contributed by atoms with Gasteiger partial charge in [0.25, 0.3) is 0 Å². The molecule has 1 aliphatic heterocycles. The first-order valence-corrected chi connectivity index (χ1v) is 12.0. The molecule has 0 aliphatic carbocycles. The van der Waals surface area contributed by atoms with Crippen LogP contribution in [0.25, 0.3) is 0 Å². The van der Waals surface area contributed by atoms with E-state index in [9.17, 15) is 18.4 Å². The second-order valence-corrected chi connectivity index (χ2v) is 9.32. The van der Waals surface area contributed by atoms with Crippen molar-refractivity contribution in [2.45, 2.75) is 52.2 Å². The molecule has 0 aromatic heterocycles. The van der Waals surface area contributed by atoms with Gasteiger partial charge in [0.2, 0.25) is 5.91 Å². The number of ether oxygens (including phenoxy) is 1. The molecule has 186 valence electrons. The Bertz CT molecular complexity index is 1260. The summed E-state index contributed by atoms with van der Waals surface area (Å²) in [5.41, 5.74) is 3.23. The number of rotatable bonds is 7. The molecule has 1 unspecified atom stereocenters. The van der Waals surface area contributed by atoms with Gasteiger partial charge in [-0.25, -0.2) is 13.6 Å². The summed E-state index contributed by atoms with van der Waals surface area (Å²) in [4.78, 5) is 27.9. The Balaban J connectivity index is 1.71. The lowest BCUT2D eigenvalue weighted by Gasteiger charge is -2.34. The summed E-state index contributed by atoms with van der Waals surface area (Å²) in [6.07, 6.45) is -0.00972. The largest absolute Gasteiger partial charge is 0.457 e. The first-order valence-electron chi connectivity index (χ1n) is 12.0. The van der Waals surface area contributed by atoms with Crippen molar-refractivity contribution in [1.82, 2.24) is 4.90 Å². The molecular formula is C30H29F2NO3. The van der Waals surface area contributed by atoms with Gasteiger partial charge in [0.05, 0.1) is 12.1 Å². The smallest absolute Gasteiger partial charge is 0.336 e. The minimum Gasteiger partial charge on any atom is -0.457 e. The van der Waals surface area contributed by atoms with Crippen LogP contribution >= 0.6 is 0 Å². The Hall–Kier alpha value is -3.80. The lowest BCUT2D eigenvalue weighted by Crippen LogP contribution is -2.38. The van der Waals surface area contributed by atoms with Crippen molar-refractivity contribution in [3.63, 3.8) is 0 Å². The monoisotopic (exact) mass is 489 g/mol. The van der Waals surface area contributed by atoms with Gasteiger partial charge < -0.3 is 9.64 Å². The number of carbonyl (C=O) groups excluding carboxylic acids is 2. The number of carbonyl (C=O) groups is 2. The Kier molecular flexibility index (Phi) is 7.63. The van der Waals surface area contributed by atoms with Crippen molar-refractivity contribution in [3.05, 3.63) is 118 Å². The van der Waals surface area contributed by atoms with Crippen LogP contribution < -0.4 is 0 Å². The number of allylic oxidation sites excluding steroid dienone is 1. The Labute approximate surface area is 210 Å². The van der Waals surface area contributed by atoms with Crippen molar-refractivity contribution in [2.75, 3.05) is 0 Å². The molecule has 0 bridgehead atoms. The van der Waals surface area contributed by atoms with Crippen molar-refractivity contribution >= 4 is 11.9 Å². The normalized spacial score (nSPS) is 16.0. The van der Waals surface area contributed by atoms with Crippen LogP contribution in [0.2, 0.25) is 0 Å². The highest BCUT2D eigenvalue weighted by molar-refractivity contribution is 5.95. The van der Waals surface area contributed by atoms with Crippen LogP contribution in [0.3, 0.4) is 0 Å². The second kappa shape index (κ2) is 10.9. The van der Waals surface area contributed by atoms with Gasteiger partial charge >= 0.3 is 5.97 Å². The number of hydrogen-bond donors (Lipinski definition) is 0. The predicted molar refractivity (Wildman–Crippen MR) is 134 cm³/mol. The number of benzene rings is 3. The zero-order chi connectivity index (χ0) is 25.8. The van der Waals surface area contributed by atoms with Gasteiger partial charge in [0.1, 0.15) is 18.2 Å². The summed E-state index contributed by atoms with van der Waals surface area (Å²) in [5, 5.41) is 0. The summed E-state index contributed by atoms with van der Waals surface area (Å²) in [5.74, 6) is -2.53. The fourth-order valence-electron chi connectivity index (χ4n) is 4.51. The van der Waals surface area contributed by atoms with Crippen LogP contribution in [0.5, 0.6) is 0 Å². The van der Waals surface area contributed by atoms with Gasteiger partial charge in [-0.05, 0) is 41.7 Å². The maximum absolute atomic E-state index is 14.4. The van der Waals surface area contributed by atoms with Crippen molar-refractivity contribution in [2.24, 2.45) is 0 Å². The van der Waals surface area contributed by atoms with Crippen LogP contribution in [0, 0.1) is 11.6 Å².